The Balaban J connectivity index is 1.37. The minimum absolute atomic E-state index is 0.0539. The van der Waals surface area contributed by atoms with Crippen molar-refractivity contribution in [1.82, 2.24) is 10.2 Å². The molecule has 2 aromatic carbocycles. The maximum atomic E-state index is 15.8. The van der Waals surface area contributed by atoms with Crippen LogP contribution in [-0.2, 0) is 52.4 Å². The first kappa shape index (κ1) is 51.3. The highest BCUT2D eigenvalue weighted by atomic mass is 16.6. The van der Waals surface area contributed by atoms with Gasteiger partial charge in [0.1, 0.15) is 35.3 Å². The second-order valence-electron chi connectivity index (χ2n) is 20.9. The van der Waals surface area contributed by atoms with E-state index in [1.807, 2.05) is 0 Å². The van der Waals surface area contributed by atoms with E-state index in [-0.39, 0.29) is 42.4 Å². The molecule has 13 atom stereocenters. The molecule has 69 heavy (non-hydrogen) atoms. The molecule has 1 amide bonds. The molecule has 1 heterocycles. The minimum atomic E-state index is -2.40. The molecule has 1 aliphatic heterocycles. The summed E-state index contributed by atoms with van der Waals surface area (Å²) in [5.41, 5.74) is -8.20. The highest BCUT2D eigenvalue weighted by Crippen LogP contribution is 2.72. The second-order valence-corrected chi connectivity index (χ2v) is 20.9. The Bertz CT molecular complexity index is 2400. The molecule has 0 bridgehead atoms. The Labute approximate surface area is 401 Å². The first-order chi connectivity index (χ1) is 32.2. The number of carbonyl (C=O) groups is 7. The lowest BCUT2D eigenvalue weighted by molar-refractivity contribution is -0.344. The highest BCUT2D eigenvalue weighted by Gasteiger charge is 2.83. The zero-order valence-corrected chi connectivity index (χ0v) is 40.7. The number of amides is 1. The Morgan fingerprint density at radius 3 is 2.13 bits per heavy atom. The van der Waals surface area contributed by atoms with E-state index in [0.717, 1.165) is 6.92 Å². The number of aliphatic hydroxyl groups excluding tert-OH is 2. The number of alkyl carbamates (subject to hydrolysis) is 1. The molecule has 2 aromatic rings. The lowest BCUT2D eigenvalue weighted by Gasteiger charge is -2.67. The molecule has 4 N–H and O–H groups in total. The number of nitrogens with zero attached hydrogens (tertiary/aromatic N) is 1. The summed E-state index contributed by atoms with van der Waals surface area (Å²) in [7, 11) is 1.54. The molecule has 18 heteroatoms. The van der Waals surface area contributed by atoms with Crippen LogP contribution in [0.4, 0.5) is 4.79 Å². The van der Waals surface area contributed by atoms with Gasteiger partial charge in [-0.1, -0.05) is 74.9 Å². The molecule has 0 radical (unpaired) electrons. The summed E-state index contributed by atoms with van der Waals surface area (Å²) in [5, 5.41) is 40.6. The lowest BCUT2D eigenvalue weighted by atomic mass is 9.43. The number of nitrogens with one attached hydrogen (secondary N) is 1. The van der Waals surface area contributed by atoms with Gasteiger partial charge in [0.05, 0.1) is 48.7 Å². The van der Waals surface area contributed by atoms with E-state index in [1.165, 1.54) is 31.0 Å². The lowest BCUT2D eigenvalue weighted by Crippen LogP contribution is -2.81. The van der Waals surface area contributed by atoms with E-state index in [2.05, 4.69) is 5.32 Å². The number of ketones is 2. The normalized spacial score (nSPS) is 33.1. The molecule has 0 aromatic heterocycles. The monoisotopic (exact) mass is 960 g/mol. The molecule has 4 fully saturated rings. The number of fused-ring (bicyclic) bond motifs is 3. The van der Waals surface area contributed by atoms with E-state index in [4.69, 9.17) is 28.4 Å². The van der Waals surface area contributed by atoms with Gasteiger partial charge in [0.2, 0.25) is 0 Å². The molecule has 4 aliphatic carbocycles. The smallest absolute Gasteiger partial charge is 0.408 e. The highest BCUT2D eigenvalue weighted by molar-refractivity contribution is 5.96. The summed E-state index contributed by atoms with van der Waals surface area (Å²) in [5.74, 6) is -7.83. The van der Waals surface area contributed by atoms with Crippen LogP contribution in [0.1, 0.15) is 97.1 Å². The number of ether oxygens (including phenoxy) is 6. The Kier molecular flexibility index (Phi) is 13.9. The SMILES string of the molecule is CC(=O)O[C@@]12CO[C@@H]1C[C@H](O)[C@@]1(C)C(=O)[C@H](OC(=O)CN(C)CC(=O)C(C)C)C3=C(C)C4[C@@H](OC(=O)[C@H](O)[C@@H](NC(=O)OC(C)(C)C)c5ccccc5)C[C@@](O)([C@@H](OC(=O)c5ccccc5)[C@H]21)C34C. The number of hydrogen-bond donors (Lipinski definition) is 4. The van der Waals surface area contributed by atoms with E-state index in [9.17, 15) is 44.1 Å². The van der Waals surface area contributed by atoms with Crippen molar-refractivity contribution in [1.29, 1.82) is 0 Å². The largest absolute Gasteiger partial charge is 0.460 e. The van der Waals surface area contributed by atoms with Crippen LogP contribution in [0, 0.1) is 28.6 Å². The maximum absolute atomic E-state index is 15.8. The number of likely N-dealkylation sites (N-methyl/N-ethyl adjacent to an activating group) is 1. The van der Waals surface area contributed by atoms with Gasteiger partial charge in [-0.15, -0.1) is 0 Å². The molecular weight excluding hydrogens is 897 g/mol. The minimum Gasteiger partial charge on any atom is -0.460 e. The molecule has 0 spiro atoms. The Morgan fingerprint density at radius 2 is 1.57 bits per heavy atom. The number of hydrogen-bond acceptors (Lipinski definition) is 17. The van der Waals surface area contributed by atoms with Crippen LogP contribution in [0.3, 0.4) is 0 Å². The molecule has 7 rings (SSSR count). The van der Waals surface area contributed by atoms with E-state index < -0.39 is 131 Å². The van der Waals surface area contributed by atoms with Crippen molar-refractivity contribution in [3.05, 3.63) is 82.9 Å². The van der Waals surface area contributed by atoms with Gasteiger partial charge >= 0.3 is 30.0 Å². The van der Waals surface area contributed by atoms with E-state index in [1.54, 1.807) is 97.0 Å². The number of benzene rings is 2. The summed E-state index contributed by atoms with van der Waals surface area (Å²) in [6.07, 6.45) is -11.5. The van der Waals surface area contributed by atoms with Gasteiger partial charge < -0.3 is 49.1 Å². The fraction of sp³-hybridized carbons (Fsp3) is 0.588. The summed E-state index contributed by atoms with van der Waals surface area (Å²) < 4.78 is 36.4. The Morgan fingerprint density at radius 1 is 0.942 bits per heavy atom. The van der Waals surface area contributed by atoms with Crippen LogP contribution in [-0.4, -0.2) is 142 Å². The van der Waals surface area contributed by atoms with Crippen molar-refractivity contribution in [2.45, 2.75) is 135 Å². The molecule has 3 saturated carbocycles. The summed E-state index contributed by atoms with van der Waals surface area (Å²) in [4.78, 5) is 99.1. The maximum Gasteiger partial charge on any atom is 0.408 e. The third kappa shape index (κ3) is 8.87. The van der Waals surface area contributed by atoms with Crippen LogP contribution < -0.4 is 5.32 Å². The zero-order valence-electron chi connectivity index (χ0n) is 40.7. The van der Waals surface area contributed by atoms with Gasteiger partial charge in [0.25, 0.3) is 0 Å². The van der Waals surface area contributed by atoms with Gasteiger partial charge in [-0.25, -0.2) is 14.4 Å². The van der Waals surface area contributed by atoms with Crippen LogP contribution in [0.25, 0.3) is 0 Å². The van der Waals surface area contributed by atoms with Gasteiger partial charge in [-0.3, -0.25) is 24.1 Å². The zero-order chi connectivity index (χ0) is 50.8. The average molecular weight is 961 g/mol. The van der Waals surface area contributed by atoms with Crippen molar-refractivity contribution in [3.63, 3.8) is 0 Å². The van der Waals surface area contributed by atoms with Crippen LogP contribution >= 0.6 is 0 Å². The summed E-state index contributed by atoms with van der Waals surface area (Å²) >= 11 is 0. The van der Waals surface area contributed by atoms with Gasteiger partial charge in [-0.05, 0) is 64.9 Å². The Hall–Kier alpha value is -5.53. The van der Waals surface area contributed by atoms with Crippen molar-refractivity contribution in [2.75, 3.05) is 26.7 Å². The first-order valence-electron chi connectivity index (χ1n) is 23.3. The number of carbonyl (C=O) groups excluding carboxylic acids is 7. The van der Waals surface area contributed by atoms with Gasteiger partial charge in [0, 0.05) is 37.0 Å². The predicted octanol–water partition coefficient (Wildman–Crippen LogP) is 3.58. The van der Waals surface area contributed by atoms with Crippen LogP contribution in [0.2, 0.25) is 0 Å². The van der Waals surface area contributed by atoms with Crippen LogP contribution in [0.5, 0.6) is 0 Å². The fourth-order valence-corrected chi connectivity index (χ4v) is 11.7. The molecule has 5 aliphatic rings. The number of Topliss-reactive ketones (excluding diaryl/α,β-unsaturated/α-hetero) is 2. The molecule has 374 valence electrons. The van der Waals surface area contributed by atoms with E-state index >= 15 is 4.79 Å². The number of esters is 4. The van der Waals surface area contributed by atoms with Crippen molar-refractivity contribution in [3.8, 4) is 0 Å². The average Bonchev–Trinajstić information content (AvgIpc) is 3.45. The van der Waals surface area contributed by atoms with Gasteiger partial charge in [0.15, 0.2) is 23.6 Å². The standard InChI is InChI=1S/C51H64N2O16/c1-26(2)31(55)23-53(10)24-35(57)66-40-37-27(3)36-32(65-45(61)39(58)38(29-17-13-11-14-18-29)52-46(62)69-47(5,6)7)22-51(63,49(36,37)9)43(67-44(60)30-19-15-12-16-20-30)41-48(8,42(40)59)33(56)21-34-50(41,25-64-34)68-28(4)54/h11-20,26,32-34,36,38-41,43,56,58,63H,21-25H2,1-10H3,(H,52,62)/t32-,33-,34+,36?,38-,39+,40+,41-,43-,48+,49?,50-,51+/m0/s1. The molecule has 18 nitrogen and oxygen atoms in total. The second kappa shape index (κ2) is 18.7. The van der Waals surface area contributed by atoms with Crippen molar-refractivity contribution in [2.24, 2.45) is 28.6 Å². The third-order valence-electron chi connectivity index (χ3n) is 15.0. The predicted molar refractivity (Wildman–Crippen MR) is 243 cm³/mol. The molecule has 1 saturated heterocycles. The van der Waals surface area contributed by atoms with Crippen molar-refractivity contribution < 1.29 is 77.3 Å². The van der Waals surface area contributed by atoms with Crippen LogP contribution in [0.15, 0.2) is 71.8 Å². The summed E-state index contributed by atoms with van der Waals surface area (Å²) in [6, 6.07) is 14.6. The van der Waals surface area contributed by atoms with E-state index in [0.29, 0.717) is 11.1 Å². The first-order valence-corrected chi connectivity index (χ1v) is 23.3. The third-order valence-corrected chi connectivity index (χ3v) is 15.0. The number of rotatable bonds is 14. The topological polar surface area (TPSA) is 251 Å². The molecule has 2 unspecified atom stereocenters. The molecular formula is C51H64N2O16. The fourth-order valence-electron chi connectivity index (χ4n) is 11.7. The van der Waals surface area contributed by atoms with Crippen molar-refractivity contribution >= 4 is 41.5 Å². The number of aliphatic hydroxyl groups is 3. The quantitative estimate of drug-likeness (QED) is 0.120. The summed E-state index contributed by atoms with van der Waals surface area (Å²) in [6.45, 7) is 13.2. The van der Waals surface area contributed by atoms with Gasteiger partial charge in [-0.2, -0.15) is 0 Å².